The Kier molecular flexibility index (Phi) is 4.96. The minimum Gasteiger partial charge on any atom is -0.398 e. The number of nitrogens with two attached hydrogens (primary N) is 1. The zero-order valence-electron chi connectivity index (χ0n) is 11.1. The molecule has 0 aromatic carbocycles. The van der Waals surface area contributed by atoms with E-state index in [0.29, 0.717) is 12.0 Å². The number of ether oxygens (including phenoxy) is 1. The van der Waals surface area contributed by atoms with E-state index in [-0.39, 0.29) is 0 Å². The molecule has 18 heavy (non-hydrogen) atoms. The predicted octanol–water partition coefficient (Wildman–Crippen LogP) is 1.61. The van der Waals surface area contributed by atoms with Gasteiger partial charge in [-0.1, -0.05) is 6.92 Å². The van der Waals surface area contributed by atoms with E-state index in [9.17, 15) is 0 Å². The lowest BCUT2D eigenvalue weighted by Crippen LogP contribution is -2.40. The van der Waals surface area contributed by atoms with Crippen LogP contribution >= 0.6 is 0 Å². The van der Waals surface area contributed by atoms with Crippen LogP contribution in [0.5, 0.6) is 0 Å². The molecule has 1 aliphatic heterocycles. The normalized spacial score (nSPS) is 18.7. The van der Waals surface area contributed by atoms with E-state index >= 15 is 0 Å². The van der Waals surface area contributed by atoms with Crippen LogP contribution in [0.2, 0.25) is 0 Å². The van der Waals surface area contributed by atoms with E-state index in [1.807, 2.05) is 12.3 Å². The van der Waals surface area contributed by atoms with Gasteiger partial charge in [0.1, 0.15) is 0 Å². The number of nitrogens with one attached hydrogen (secondary N) is 1. The molecule has 1 unspecified atom stereocenters. The molecule has 1 saturated heterocycles. The van der Waals surface area contributed by atoms with Crippen LogP contribution in [0.15, 0.2) is 18.5 Å². The fraction of sp³-hybridized carbons (Fsp3) is 0.643. The van der Waals surface area contributed by atoms with Crippen molar-refractivity contribution in [2.45, 2.75) is 32.2 Å². The van der Waals surface area contributed by atoms with Gasteiger partial charge in [-0.05, 0) is 43.4 Å². The number of hydrogen-bond acceptors (Lipinski definition) is 4. The number of anilines is 1. The highest BCUT2D eigenvalue weighted by molar-refractivity contribution is 5.44. The molecule has 100 valence electrons. The molecule has 0 aliphatic carbocycles. The van der Waals surface area contributed by atoms with E-state index < -0.39 is 0 Å². The number of likely N-dealkylation sites (N-methyl/N-ethyl adjacent to an activating group) is 1. The zero-order valence-corrected chi connectivity index (χ0v) is 11.1. The second-order valence-electron chi connectivity index (χ2n) is 4.89. The van der Waals surface area contributed by atoms with Gasteiger partial charge in [0.25, 0.3) is 0 Å². The Morgan fingerprint density at radius 3 is 2.94 bits per heavy atom. The van der Waals surface area contributed by atoms with Gasteiger partial charge >= 0.3 is 0 Å². The maximum atomic E-state index is 6.00. The van der Waals surface area contributed by atoms with Crippen molar-refractivity contribution in [1.29, 1.82) is 0 Å². The third-order valence-corrected chi connectivity index (χ3v) is 3.68. The standard InChI is InChI=1S/C14H23N3O/c1-2-17-14(11-4-7-18-8-5-11)9-12-10-16-6-3-13(12)15/h3,6,10-11,14,17H,2,4-5,7-9H2,1H3,(H2,15,16). The minimum atomic E-state index is 0.477. The molecule has 0 saturated carbocycles. The number of nitrogen functional groups attached to an aromatic ring is 1. The molecule has 0 spiro atoms. The van der Waals surface area contributed by atoms with Crippen LogP contribution in [0.25, 0.3) is 0 Å². The quantitative estimate of drug-likeness (QED) is 0.832. The van der Waals surface area contributed by atoms with Gasteiger partial charge in [0.2, 0.25) is 0 Å². The molecular formula is C14H23N3O. The summed E-state index contributed by atoms with van der Waals surface area (Å²) in [5.74, 6) is 0.679. The second-order valence-corrected chi connectivity index (χ2v) is 4.89. The first-order valence-corrected chi connectivity index (χ1v) is 6.80. The van der Waals surface area contributed by atoms with Crippen molar-refractivity contribution in [2.75, 3.05) is 25.5 Å². The Morgan fingerprint density at radius 1 is 1.50 bits per heavy atom. The lowest BCUT2D eigenvalue weighted by Gasteiger charge is -2.31. The van der Waals surface area contributed by atoms with Gasteiger partial charge in [0, 0.05) is 37.3 Å². The Morgan fingerprint density at radius 2 is 2.28 bits per heavy atom. The lowest BCUT2D eigenvalue weighted by atomic mass is 9.87. The molecule has 1 aliphatic rings. The molecule has 1 aromatic heterocycles. The number of aromatic nitrogens is 1. The van der Waals surface area contributed by atoms with Crippen molar-refractivity contribution in [3.05, 3.63) is 24.0 Å². The first-order valence-electron chi connectivity index (χ1n) is 6.80. The van der Waals surface area contributed by atoms with Gasteiger partial charge in [-0.15, -0.1) is 0 Å². The molecule has 0 amide bonds. The van der Waals surface area contributed by atoms with Crippen molar-refractivity contribution in [2.24, 2.45) is 5.92 Å². The monoisotopic (exact) mass is 249 g/mol. The van der Waals surface area contributed by atoms with E-state index in [2.05, 4.69) is 17.2 Å². The Hall–Kier alpha value is -1.13. The van der Waals surface area contributed by atoms with Crippen molar-refractivity contribution in [3.8, 4) is 0 Å². The van der Waals surface area contributed by atoms with Gasteiger partial charge in [0.05, 0.1) is 0 Å². The Bertz CT molecular complexity index is 364. The molecule has 2 rings (SSSR count). The summed E-state index contributed by atoms with van der Waals surface area (Å²) >= 11 is 0. The second kappa shape index (κ2) is 6.71. The third kappa shape index (κ3) is 3.43. The van der Waals surface area contributed by atoms with Gasteiger partial charge in [-0.3, -0.25) is 4.98 Å². The van der Waals surface area contributed by atoms with Gasteiger partial charge < -0.3 is 15.8 Å². The topological polar surface area (TPSA) is 60.2 Å². The fourth-order valence-electron chi connectivity index (χ4n) is 2.63. The average Bonchev–Trinajstić information content (AvgIpc) is 2.42. The smallest absolute Gasteiger partial charge is 0.0469 e. The number of rotatable bonds is 5. The molecule has 0 radical (unpaired) electrons. The summed E-state index contributed by atoms with van der Waals surface area (Å²) < 4.78 is 5.44. The van der Waals surface area contributed by atoms with Crippen LogP contribution < -0.4 is 11.1 Å². The van der Waals surface area contributed by atoms with Gasteiger partial charge in [-0.2, -0.15) is 0 Å². The largest absolute Gasteiger partial charge is 0.398 e. The lowest BCUT2D eigenvalue weighted by molar-refractivity contribution is 0.0540. The summed E-state index contributed by atoms with van der Waals surface area (Å²) in [6, 6.07) is 2.35. The fourth-order valence-corrected chi connectivity index (χ4v) is 2.63. The molecule has 1 aromatic rings. The van der Waals surface area contributed by atoms with Crippen molar-refractivity contribution in [3.63, 3.8) is 0 Å². The molecule has 4 nitrogen and oxygen atoms in total. The molecule has 1 fully saturated rings. The van der Waals surface area contributed by atoms with Crippen molar-refractivity contribution >= 4 is 5.69 Å². The zero-order chi connectivity index (χ0) is 12.8. The van der Waals surface area contributed by atoms with E-state index in [0.717, 1.165) is 50.3 Å². The van der Waals surface area contributed by atoms with Crippen LogP contribution in [0.1, 0.15) is 25.3 Å². The molecule has 4 heteroatoms. The summed E-state index contributed by atoms with van der Waals surface area (Å²) in [6.07, 6.45) is 6.86. The summed E-state index contributed by atoms with van der Waals surface area (Å²) in [7, 11) is 0. The van der Waals surface area contributed by atoms with E-state index in [1.165, 1.54) is 0 Å². The summed E-state index contributed by atoms with van der Waals surface area (Å²) in [5, 5.41) is 3.59. The third-order valence-electron chi connectivity index (χ3n) is 3.68. The maximum absolute atomic E-state index is 6.00. The highest BCUT2D eigenvalue weighted by Gasteiger charge is 2.24. The SMILES string of the molecule is CCNC(Cc1cnccc1N)C1CCOCC1. The number of pyridine rings is 1. The van der Waals surface area contributed by atoms with Crippen molar-refractivity contribution in [1.82, 2.24) is 10.3 Å². The van der Waals surface area contributed by atoms with Crippen molar-refractivity contribution < 1.29 is 4.74 Å². The Balaban J connectivity index is 2.03. The van der Waals surface area contributed by atoms with Crippen LogP contribution in [0.4, 0.5) is 5.69 Å². The highest BCUT2D eigenvalue weighted by Crippen LogP contribution is 2.23. The highest BCUT2D eigenvalue weighted by atomic mass is 16.5. The first-order chi connectivity index (χ1) is 8.81. The number of nitrogens with zero attached hydrogens (tertiary/aromatic N) is 1. The van der Waals surface area contributed by atoms with Crippen LogP contribution in [-0.2, 0) is 11.2 Å². The van der Waals surface area contributed by atoms with Gasteiger partial charge in [0.15, 0.2) is 0 Å². The maximum Gasteiger partial charge on any atom is 0.0469 e. The van der Waals surface area contributed by atoms with Crippen LogP contribution in [0, 0.1) is 5.92 Å². The summed E-state index contributed by atoms with van der Waals surface area (Å²) in [6.45, 7) is 4.91. The molecule has 3 N–H and O–H groups in total. The molecular weight excluding hydrogens is 226 g/mol. The Labute approximate surface area is 109 Å². The predicted molar refractivity (Wildman–Crippen MR) is 73.4 cm³/mol. The molecule has 0 bridgehead atoms. The number of hydrogen-bond donors (Lipinski definition) is 2. The average molecular weight is 249 g/mol. The summed E-state index contributed by atoms with van der Waals surface area (Å²) in [4.78, 5) is 4.17. The van der Waals surface area contributed by atoms with Crippen LogP contribution in [-0.4, -0.2) is 30.8 Å². The van der Waals surface area contributed by atoms with E-state index in [1.54, 1.807) is 6.20 Å². The van der Waals surface area contributed by atoms with Gasteiger partial charge in [-0.25, -0.2) is 0 Å². The van der Waals surface area contributed by atoms with Crippen LogP contribution in [0.3, 0.4) is 0 Å². The first kappa shape index (κ1) is 13.3. The molecule has 2 heterocycles. The molecule has 1 atom stereocenters. The minimum absolute atomic E-state index is 0.477. The summed E-state index contributed by atoms with van der Waals surface area (Å²) in [5.41, 5.74) is 8.00. The van der Waals surface area contributed by atoms with E-state index in [4.69, 9.17) is 10.5 Å².